The molecule has 0 spiro atoms. The number of para-hydroxylation sites is 1. The molecule has 0 aliphatic carbocycles. The summed E-state index contributed by atoms with van der Waals surface area (Å²) in [5.74, 6) is 0.594. The lowest BCUT2D eigenvalue weighted by molar-refractivity contribution is 0.301. The lowest BCUT2D eigenvalue weighted by atomic mass is 10.1. The summed E-state index contributed by atoms with van der Waals surface area (Å²) in [6, 6.07) is 12.9. The van der Waals surface area contributed by atoms with Crippen molar-refractivity contribution in [1.82, 2.24) is 0 Å². The molecule has 0 bridgehead atoms. The Morgan fingerprint density at radius 2 is 1.78 bits per heavy atom. The minimum absolute atomic E-state index is 0.264. The van der Waals surface area contributed by atoms with Crippen LogP contribution in [0, 0.1) is 5.82 Å². The molecule has 0 fully saturated rings. The largest absolute Gasteiger partial charge is 0.489 e. The molecule has 2 rings (SSSR count). The fourth-order valence-electron chi connectivity index (χ4n) is 1.75. The van der Waals surface area contributed by atoms with Gasteiger partial charge in [0, 0.05) is 5.56 Å². The minimum Gasteiger partial charge on any atom is -0.489 e. The number of ether oxygens (including phenoxy) is 1. The van der Waals surface area contributed by atoms with Gasteiger partial charge in [0.15, 0.2) is 0 Å². The Morgan fingerprint density at radius 3 is 2.56 bits per heavy atom. The number of hydrogen-bond donors (Lipinski definition) is 0. The monoisotopic (exact) mass is 308 g/mol. The summed E-state index contributed by atoms with van der Waals surface area (Å²) in [6.07, 6.45) is 0.917. The van der Waals surface area contributed by atoms with Crippen LogP contribution in [-0.2, 0) is 13.0 Å². The van der Waals surface area contributed by atoms with Gasteiger partial charge in [0.25, 0.3) is 0 Å². The summed E-state index contributed by atoms with van der Waals surface area (Å²) in [5, 5.41) is 0. The Morgan fingerprint density at radius 1 is 1.06 bits per heavy atom. The van der Waals surface area contributed by atoms with E-state index in [2.05, 4.69) is 22.9 Å². The van der Waals surface area contributed by atoms with Crippen LogP contribution < -0.4 is 4.74 Å². The van der Waals surface area contributed by atoms with Gasteiger partial charge in [0.05, 0.1) is 4.47 Å². The first-order valence-electron chi connectivity index (χ1n) is 5.86. The maximum Gasteiger partial charge on any atom is 0.137 e. The second-order valence-corrected chi connectivity index (χ2v) is 4.76. The van der Waals surface area contributed by atoms with Crippen molar-refractivity contribution in [2.75, 3.05) is 0 Å². The summed E-state index contributed by atoms with van der Waals surface area (Å²) < 4.78 is 19.6. The summed E-state index contributed by atoms with van der Waals surface area (Å²) in [5.41, 5.74) is 1.96. The van der Waals surface area contributed by atoms with Gasteiger partial charge in [0.1, 0.15) is 18.2 Å². The van der Waals surface area contributed by atoms with Crippen LogP contribution in [0.2, 0.25) is 0 Å². The molecule has 2 aromatic rings. The minimum atomic E-state index is -0.264. The third-order valence-electron chi connectivity index (χ3n) is 2.77. The third kappa shape index (κ3) is 2.91. The lowest BCUT2D eigenvalue weighted by Crippen LogP contribution is -1.99. The molecule has 18 heavy (non-hydrogen) atoms. The van der Waals surface area contributed by atoms with Crippen molar-refractivity contribution in [3.05, 3.63) is 63.9 Å². The molecule has 0 atom stereocenters. The molecular formula is C15H14BrFO. The Labute approximate surface area is 115 Å². The first-order chi connectivity index (χ1) is 8.72. The smallest absolute Gasteiger partial charge is 0.137 e. The molecule has 0 aromatic heterocycles. The molecule has 0 aliphatic heterocycles. The van der Waals surface area contributed by atoms with E-state index in [0.717, 1.165) is 23.3 Å². The predicted molar refractivity (Wildman–Crippen MR) is 74.3 cm³/mol. The van der Waals surface area contributed by atoms with Gasteiger partial charge < -0.3 is 4.74 Å². The average molecular weight is 309 g/mol. The van der Waals surface area contributed by atoms with E-state index in [0.29, 0.717) is 11.1 Å². The van der Waals surface area contributed by atoms with Crippen LogP contribution in [0.4, 0.5) is 4.39 Å². The first-order valence-corrected chi connectivity index (χ1v) is 6.65. The topological polar surface area (TPSA) is 9.23 Å². The van der Waals surface area contributed by atoms with Crippen LogP contribution in [0.5, 0.6) is 5.75 Å². The highest BCUT2D eigenvalue weighted by Gasteiger charge is 2.07. The number of aryl methyl sites for hydroxylation is 1. The Balaban J connectivity index is 2.14. The van der Waals surface area contributed by atoms with Crippen LogP contribution in [0.25, 0.3) is 0 Å². The molecule has 0 saturated carbocycles. The van der Waals surface area contributed by atoms with Gasteiger partial charge in [0.2, 0.25) is 0 Å². The fourth-order valence-corrected chi connectivity index (χ4v) is 2.13. The van der Waals surface area contributed by atoms with Gasteiger partial charge >= 0.3 is 0 Å². The normalized spacial score (nSPS) is 10.4. The van der Waals surface area contributed by atoms with Crippen molar-refractivity contribution < 1.29 is 9.13 Å². The van der Waals surface area contributed by atoms with Crippen molar-refractivity contribution in [3.63, 3.8) is 0 Å². The summed E-state index contributed by atoms with van der Waals surface area (Å²) in [4.78, 5) is 0. The van der Waals surface area contributed by atoms with E-state index < -0.39 is 0 Å². The van der Waals surface area contributed by atoms with Crippen molar-refractivity contribution in [3.8, 4) is 5.75 Å². The standard InChI is InChI=1S/C15H14BrFO/c1-2-11-6-3-4-9-14(11)18-10-12-7-5-8-13(17)15(12)16/h3-9H,2,10H2,1H3. The highest BCUT2D eigenvalue weighted by molar-refractivity contribution is 9.10. The average Bonchev–Trinajstić information content (AvgIpc) is 2.41. The number of rotatable bonds is 4. The van der Waals surface area contributed by atoms with Crippen LogP contribution in [0.3, 0.4) is 0 Å². The molecule has 0 N–H and O–H groups in total. The second kappa shape index (κ2) is 6.01. The molecule has 3 heteroatoms. The fraction of sp³-hybridized carbons (Fsp3) is 0.200. The van der Waals surface area contributed by atoms with Crippen LogP contribution in [0.1, 0.15) is 18.1 Å². The number of benzene rings is 2. The van der Waals surface area contributed by atoms with E-state index in [9.17, 15) is 4.39 Å². The third-order valence-corrected chi connectivity index (χ3v) is 3.66. The Kier molecular flexibility index (Phi) is 4.37. The number of hydrogen-bond acceptors (Lipinski definition) is 1. The molecule has 0 aliphatic rings. The van der Waals surface area contributed by atoms with Crippen LogP contribution in [0.15, 0.2) is 46.9 Å². The van der Waals surface area contributed by atoms with Crippen molar-refractivity contribution in [2.45, 2.75) is 20.0 Å². The number of halogens is 2. The van der Waals surface area contributed by atoms with E-state index in [-0.39, 0.29) is 5.82 Å². The van der Waals surface area contributed by atoms with Crippen molar-refractivity contribution in [1.29, 1.82) is 0 Å². The Bertz CT molecular complexity index is 540. The van der Waals surface area contributed by atoms with Crippen molar-refractivity contribution in [2.24, 2.45) is 0 Å². The highest BCUT2D eigenvalue weighted by Crippen LogP contribution is 2.24. The molecule has 0 amide bonds. The zero-order chi connectivity index (χ0) is 13.0. The molecule has 2 aromatic carbocycles. The lowest BCUT2D eigenvalue weighted by Gasteiger charge is -2.11. The highest BCUT2D eigenvalue weighted by atomic mass is 79.9. The maximum atomic E-state index is 13.3. The van der Waals surface area contributed by atoms with Gasteiger partial charge in [-0.15, -0.1) is 0 Å². The van der Waals surface area contributed by atoms with Gasteiger partial charge in [-0.05, 0) is 40.0 Å². The molecule has 94 valence electrons. The van der Waals surface area contributed by atoms with E-state index in [1.165, 1.54) is 6.07 Å². The molecular weight excluding hydrogens is 295 g/mol. The van der Waals surface area contributed by atoms with Gasteiger partial charge in [-0.2, -0.15) is 0 Å². The van der Waals surface area contributed by atoms with Crippen LogP contribution in [-0.4, -0.2) is 0 Å². The van der Waals surface area contributed by atoms with E-state index >= 15 is 0 Å². The zero-order valence-electron chi connectivity index (χ0n) is 10.1. The SMILES string of the molecule is CCc1ccccc1OCc1cccc(F)c1Br. The molecule has 0 heterocycles. The van der Waals surface area contributed by atoms with Gasteiger partial charge in [-0.25, -0.2) is 4.39 Å². The van der Waals surface area contributed by atoms with E-state index in [1.54, 1.807) is 6.07 Å². The second-order valence-electron chi connectivity index (χ2n) is 3.96. The zero-order valence-corrected chi connectivity index (χ0v) is 11.7. The molecule has 1 nitrogen and oxygen atoms in total. The predicted octanol–water partition coefficient (Wildman–Crippen LogP) is 4.73. The quantitative estimate of drug-likeness (QED) is 0.793. The van der Waals surface area contributed by atoms with Crippen LogP contribution >= 0.6 is 15.9 Å². The summed E-state index contributed by atoms with van der Waals surface area (Å²) in [7, 11) is 0. The first kappa shape index (κ1) is 13.1. The summed E-state index contributed by atoms with van der Waals surface area (Å²) >= 11 is 3.23. The van der Waals surface area contributed by atoms with Crippen molar-refractivity contribution >= 4 is 15.9 Å². The van der Waals surface area contributed by atoms with Gasteiger partial charge in [-0.1, -0.05) is 37.3 Å². The summed E-state index contributed by atoms with van der Waals surface area (Å²) in [6.45, 7) is 2.44. The Hall–Kier alpha value is -1.35. The maximum absolute atomic E-state index is 13.3. The molecule has 0 unspecified atom stereocenters. The van der Waals surface area contributed by atoms with E-state index in [4.69, 9.17) is 4.74 Å². The molecule has 0 saturated heterocycles. The van der Waals surface area contributed by atoms with Gasteiger partial charge in [-0.3, -0.25) is 0 Å². The molecule has 0 radical (unpaired) electrons. The van der Waals surface area contributed by atoms with E-state index in [1.807, 2.05) is 30.3 Å².